The van der Waals surface area contributed by atoms with Crippen LogP contribution in [0.2, 0.25) is 0 Å². The fraction of sp³-hybridized carbons (Fsp3) is 0.400. The van der Waals surface area contributed by atoms with Crippen molar-refractivity contribution in [3.05, 3.63) is 30.5 Å². The van der Waals surface area contributed by atoms with Gasteiger partial charge >= 0.3 is 0 Å². The first-order chi connectivity index (χ1) is 9.59. The molecule has 3 rings (SSSR count). The lowest BCUT2D eigenvalue weighted by Crippen LogP contribution is -2.38. The number of methoxy groups -OCH3 is 1. The van der Waals surface area contributed by atoms with Crippen molar-refractivity contribution in [3.8, 4) is 5.75 Å². The summed E-state index contributed by atoms with van der Waals surface area (Å²) in [6, 6.07) is 7.97. The molecule has 1 aromatic heterocycles. The molecule has 0 radical (unpaired) electrons. The zero-order valence-electron chi connectivity index (χ0n) is 11.5. The van der Waals surface area contributed by atoms with E-state index in [1.165, 1.54) is 0 Å². The summed E-state index contributed by atoms with van der Waals surface area (Å²) in [4.78, 5) is 6.55. The van der Waals surface area contributed by atoms with Gasteiger partial charge in [0.25, 0.3) is 0 Å². The summed E-state index contributed by atoms with van der Waals surface area (Å²) in [7, 11) is 3.99. The molecule has 1 aliphatic heterocycles. The van der Waals surface area contributed by atoms with Crippen LogP contribution < -0.4 is 9.64 Å². The molecule has 0 saturated carbocycles. The normalized spacial score (nSPS) is 18.2. The van der Waals surface area contributed by atoms with Gasteiger partial charge in [0, 0.05) is 43.2 Å². The van der Waals surface area contributed by atoms with Crippen LogP contribution in [0.15, 0.2) is 30.5 Å². The highest BCUT2D eigenvalue weighted by Gasteiger charge is 2.29. The number of rotatable bonds is 2. The topological polar surface area (TPSA) is 25.4 Å². The summed E-state index contributed by atoms with van der Waals surface area (Å²) >= 11 is 0. The number of hydrogen-bond acceptors (Lipinski definition) is 3. The van der Waals surface area contributed by atoms with E-state index in [-0.39, 0.29) is 0 Å². The molecule has 1 atom stereocenters. The zero-order valence-corrected chi connectivity index (χ0v) is 12.6. The van der Waals surface area contributed by atoms with E-state index >= 15 is 0 Å². The average molecular weight is 292 g/mol. The Labute approximate surface area is 120 Å². The fourth-order valence-corrected chi connectivity index (χ4v) is 2.88. The number of ether oxygens (including phenoxy) is 1. The van der Waals surface area contributed by atoms with Crippen LogP contribution in [-0.2, 0) is 0 Å². The highest BCUT2D eigenvalue weighted by atomic mass is 31.0. The van der Waals surface area contributed by atoms with Crippen LogP contribution in [0.25, 0.3) is 10.9 Å². The Morgan fingerprint density at radius 1 is 1.30 bits per heavy atom. The summed E-state index contributed by atoms with van der Waals surface area (Å²) in [5.41, 5.74) is 2.01. The quantitative estimate of drug-likeness (QED) is 0.793. The first-order valence-corrected chi connectivity index (χ1v) is 7.32. The lowest BCUT2D eigenvalue weighted by atomic mass is 10.1. The van der Waals surface area contributed by atoms with Crippen LogP contribution in [0, 0.1) is 0 Å². The van der Waals surface area contributed by atoms with Gasteiger partial charge in [-0.15, -0.1) is 0 Å². The molecule has 2 aromatic rings. The molecule has 1 fully saturated rings. The highest BCUT2D eigenvalue weighted by molar-refractivity contribution is 7.18. The van der Waals surface area contributed by atoms with E-state index in [0.717, 1.165) is 35.4 Å². The van der Waals surface area contributed by atoms with Crippen LogP contribution in [0.1, 0.15) is 12.8 Å². The van der Waals surface area contributed by atoms with Crippen molar-refractivity contribution < 1.29 is 9.13 Å². The first kappa shape index (κ1) is 13.6. The van der Waals surface area contributed by atoms with Crippen molar-refractivity contribution in [3.63, 3.8) is 0 Å². The largest absolute Gasteiger partial charge is 0.496 e. The molecule has 0 amide bonds. The first-order valence-electron chi connectivity index (χ1n) is 6.75. The van der Waals surface area contributed by atoms with Crippen LogP contribution in [0.4, 0.5) is 10.1 Å². The summed E-state index contributed by atoms with van der Waals surface area (Å²) in [5, 5.41) is -0.109. The minimum absolute atomic E-state index is 0.542. The molecule has 0 bridgehead atoms. The molecule has 3 nitrogen and oxygen atoms in total. The number of alkyl halides is 1. The molecule has 2 heterocycles. The third-order valence-corrected chi connectivity index (χ3v) is 4.44. The van der Waals surface area contributed by atoms with Crippen molar-refractivity contribution in [2.75, 3.05) is 25.1 Å². The number of anilines is 1. The lowest BCUT2D eigenvalue weighted by molar-refractivity contribution is 0.235. The van der Waals surface area contributed by atoms with E-state index in [0.29, 0.717) is 12.8 Å². The number of pyridine rings is 1. The van der Waals surface area contributed by atoms with Crippen molar-refractivity contribution in [1.29, 1.82) is 0 Å². The van der Waals surface area contributed by atoms with Gasteiger partial charge in [-0.25, -0.2) is 4.39 Å². The van der Waals surface area contributed by atoms with Crippen LogP contribution >= 0.6 is 9.24 Å². The fourth-order valence-electron chi connectivity index (χ4n) is 2.62. The Balaban J connectivity index is 1.93. The van der Waals surface area contributed by atoms with Crippen LogP contribution in [0.5, 0.6) is 5.75 Å². The molecule has 1 saturated heterocycles. The summed E-state index contributed by atoms with van der Waals surface area (Å²) in [6.07, 6.45) is 2.83. The molecule has 0 aliphatic carbocycles. The summed E-state index contributed by atoms with van der Waals surface area (Å²) < 4.78 is 19.2. The van der Waals surface area contributed by atoms with Crippen molar-refractivity contribution in [2.45, 2.75) is 18.3 Å². The minimum atomic E-state index is -1.10. The third-order valence-electron chi connectivity index (χ3n) is 3.86. The van der Waals surface area contributed by atoms with Gasteiger partial charge in [0.05, 0.1) is 12.6 Å². The number of hydrogen-bond donors (Lipinski definition) is 0. The van der Waals surface area contributed by atoms with Crippen LogP contribution in [-0.4, -0.2) is 30.6 Å². The van der Waals surface area contributed by atoms with E-state index in [1.807, 2.05) is 18.2 Å². The van der Waals surface area contributed by atoms with Gasteiger partial charge in [-0.2, -0.15) is 0 Å². The minimum Gasteiger partial charge on any atom is -0.496 e. The Morgan fingerprint density at radius 3 is 2.75 bits per heavy atom. The van der Waals surface area contributed by atoms with E-state index in [4.69, 9.17) is 4.74 Å². The molecule has 5 heteroatoms. The Kier molecular flexibility index (Phi) is 3.51. The van der Waals surface area contributed by atoms with Crippen LogP contribution in [0.3, 0.4) is 0 Å². The lowest BCUT2D eigenvalue weighted by Gasteiger charge is -2.35. The smallest absolute Gasteiger partial charge is 0.129 e. The predicted molar refractivity (Wildman–Crippen MR) is 83.3 cm³/mol. The molecule has 0 spiro atoms. The molecule has 1 aliphatic rings. The summed E-state index contributed by atoms with van der Waals surface area (Å²) in [6.45, 7) is 1.46. The number of aromatic nitrogens is 1. The Morgan fingerprint density at radius 2 is 2.05 bits per heavy atom. The molecule has 106 valence electrons. The maximum absolute atomic E-state index is 13.8. The molecule has 0 N–H and O–H groups in total. The summed E-state index contributed by atoms with van der Waals surface area (Å²) in [5.74, 6) is 0.819. The van der Waals surface area contributed by atoms with E-state index < -0.39 is 5.41 Å². The Hall–Kier alpha value is -1.41. The monoisotopic (exact) mass is 292 g/mol. The second-order valence-electron chi connectivity index (χ2n) is 5.24. The van der Waals surface area contributed by atoms with Crippen molar-refractivity contribution >= 4 is 25.8 Å². The van der Waals surface area contributed by atoms with Gasteiger partial charge in [0.2, 0.25) is 0 Å². The zero-order chi connectivity index (χ0) is 14.2. The van der Waals surface area contributed by atoms with Gasteiger partial charge in [0.15, 0.2) is 0 Å². The average Bonchev–Trinajstić information content (AvgIpc) is 2.46. The molecule has 1 unspecified atom stereocenters. The predicted octanol–water partition coefficient (Wildman–Crippen LogP) is 3.38. The molecule has 20 heavy (non-hydrogen) atoms. The molecule has 1 aromatic carbocycles. The number of nitrogens with zero attached hydrogens (tertiary/aromatic N) is 2. The van der Waals surface area contributed by atoms with Gasteiger partial charge in [-0.3, -0.25) is 4.98 Å². The number of fused-ring (bicyclic) bond motifs is 1. The standard InChI is InChI=1S/C15H18FN2OP/c1-19-14-4-7-17-13-3-2-11(10-12(13)14)18-8-5-15(16,20)6-9-18/h2-4,7,10H,5-6,8-9,20H2,1H3. The van der Waals surface area contributed by atoms with E-state index in [9.17, 15) is 4.39 Å². The van der Waals surface area contributed by atoms with Crippen molar-refractivity contribution in [1.82, 2.24) is 4.98 Å². The second kappa shape index (κ2) is 5.17. The Bertz CT molecular complexity index is 622. The van der Waals surface area contributed by atoms with E-state index in [2.05, 4.69) is 25.2 Å². The molecular weight excluding hydrogens is 274 g/mol. The van der Waals surface area contributed by atoms with Gasteiger partial charge < -0.3 is 9.64 Å². The SMILES string of the molecule is COc1ccnc2ccc(N3CCC(F)(P)CC3)cc12. The van der Waals surface area contributed by atoms with Gasteiger partial charge in [0.1, 0.15) is 11.2 Å². The number of benzene rings is 1. The van der Waals surface area contributed by atoms with E-state index in [1.54, 1.807) is 13.3 Å². The van der Waals surface area contributed by atoms with Crippen molar-refractivity contribution in [2.24, 2.45) is 0 Å². The van der Waals surface area contributed by atoms with Gasteiger partial charge in [-0.05, 0) is 24.3 Å². The second-order valence-corrected chi connectivity index (χ2v) is 6.27. The highest BCUT2D eigenvalue weighted by Crippen LogP contribution is 2.35. The maximum atomic E-state index is 13.8. The number of piperidine rings is 1. The third kappa shape index (κ3) is 2.57. The van der Waals surface area contributed by atoms with Gasteiger partial charge in [-0.1, -0.05) is 9.24 Å². The maximum Gasteiger partial charge on any atom is 0.129 e. The molecular formula is C15H18FN2OP. The number of halogens is 1.